The number of sulfonamides is 1. The Hall–Kier alpha value is -1.97. The third-order valence-electron chi connectivity index (χ3n) is 3.83. The van der Waals surface area contributed by atoms with Crippen molar-refractivity contribution in [1.82, 2.24) is 9.62 Å². The van der Waals surface area contributed by atoms with Gasteiger partial charge in [-0.1, -0.05) is 19.9 Å². The Balaban J connectivity index is 3.26. The van der Waals surface area contributed by atoms with Crippen LogP contribution in [0.25, 0.3) is 0 Å². The summed E-state index contributed by atoms with van der Waals surface area (Å²) >= 11 is 0. The van der Waals surface area contributed by atoms with E-state index in [2.05, 4.69) is 5.32 Å². The minimum Gasteiger partial charge on any atom is -0.480 e. The average molecular weight is 372 g/mol. The monoisotopic (exact) mass is 372 g/mol. The van der Waals surface area contributed by atoms with Gasteiger partial charge < -0.3 is 15.5 Å². The molecule has 0 aliphatic carbocycles. The number of carboxylic acid groups (broad SMARTS) is 1. The predicted molar refractivity (Wildman–Crippen MR) is 91.9 cm³/mol. The fraction of sp³-hybridized carbons (Fsp3) is 0.500. The van der Waals surface area contributed by atoms with Gasteiger partial charge in [-0.25, -0.2) is 13.2 Å². The van der Waals surface area contributed by atoms with Crippen molar-refractivity contribution in [2.75, 3.05) is 13.1 Å². The molecule has 0 fully saturated rings. The highest BCUT2D eigenvalue weighted by Crippen LogP contribution is 2.20. The Bertz CT molecular complexity index is 741. The van der Waals surface area contributed by atoms with E-state index in [0.29, 0.717) is 5.56 Å². The Morgan fingerprint density at radius 1 is 1.24 bits per heavy atom. The highest BCUT2D eigenvalue weighted by Gasteiger charge is 2.27. The summed E-state index contributed by atoms with van der Waals surface area (Å²) in [4.78, 5) is 23.4. The van der Waals surface area contributed by atoms with Crippen LogP contribution in [-0.2, 0) is 14.8 Å². The SMILES string of the molecule is CCN(CC)S(=O)(=O)c1ccc(C)c(C(=O)N[C@H](C(=O)O)[C@H](C)O)c1. The fourth-order valence-corrected chi connectivity index (χ4v) is 3.81. The number of hydrogen-bond donors (Lipinski definition) is 3. The first-order valence-electron chi connectivity index (χ1n) is 7.88. The summed E-state index contributed by atoms with van der Waals surface area (Å²) in [5.41, 5.74) is 0.533. The van der Waals surface area contributed by atoms with E-state index in [9.17, 15) is 23.1 Å². The van der Waals surface area contributed by atoms with E-state index in [-0.39, 0.29) is 23.5 Å². The first-order valence-corrected chi connectivity index (χ1v) is 9.32. The van der Waals surface area contributed by atoms with E-state index in [1.807, 2.05) is 0 Å². The molecule has 0 bridgehead atoms. The van der Waals surface area contributed by atoms with Crippen molar-refractivity contribution in [2.24, 2.45) is 0 Å². The second-order valence-electron chi connectivity index (χ2n) is 5.60. The molecule has 9 heteroatoms. The molecule has 0 radical (unpaired) electrons. The van der Waals surface area contributed by atoms with Gasteiger partial charge in [-0.3, -0.25) is 4.79 Å². The summed E-state index contributed by atoms with van der Waals surface area (Å²) in [6.07, 6.45) is -1.30. The van der Waals surface area contributed by atoms with Crippen LogP contribution in [0.1, 0.15) is 36.7 Å². The molecule has 1 rings (SSSR count). The van der Waals surface area contributed by atoms with Gasteiger partial charge in [0.15, 0.2) is 6.04 Å². The largest absolute Gasteiger partial charge is 0.480 e. The number of carboxylic acids is 1. The Morgan fingerprint density at radius 3 is 2.24 bits per heavy atom. The summed E-state index contributed by atoms with van der Waals surface area (Å²) in [5.74, 6) is -2.14. The molecule has 1 aromatic carbocycles. The van der Waals surface area contributed by atoms with Crippen molar-refractivity contribution in [1.29, 1.82) is 0 Å². The number of carbonyl (C=O) groups is 2. The second kappa shape index (κ2) is 8.41. The molecular weight excluding hydrogens is 348 g/mol. The molecule has 0 saturated carbocycles. The van der Waals surface area contributed by atoms with Crippen molar-refractivity contribution < 1.29 is 28.2 Å². The van der Waals surface area contributed by atoms with Crippen molar-refractivity contribution in [3.05, 3.63) is 29.3 Å². The number of aliphatic carboxylic acids is 1. The van der Waals surface area contributed by atoms with Crippen molar-refractivity contribution in [2.45, 2.75) is 44.7 Å². The Kier molecular flexibility index (Phi) is 7.09. The van der Waals surface area contributed by atoms with Gasteiger partial charge in [0.05, 0.1) is 11.0 Å². The van der Waals surface area contributed by atoms with Gasteiger partial charge in [0.1, 0.15) is 0 Å². The zero-order valence-corrected chi connectivity index (χ0v) is 15.5. The maximum atomic E-state index is 12.6. The zero-order valence-electron chi connectivity index (χ0n) is 14.7. The number of aliphatic hydroxyl groups excluding tert-OH is 1. The minimum absolute atomic E-state index is 0.0418. The molecular formula is C16H24N2O6S. The predicted octanol–water partition coefficient (Wildman–Crippen LogP) is 0.589. The standard InChI is InChI=1S/C16H24N2O6S/c1-5-18(6-2)25(23,24)12-8-7-10(3)13(9-12)15(20)17-14(11(4)19)16(21)22/h7-9,11,14,19H,5-6H2,1-4H3,(H,17,20)(H,21,22)/t11-,14-/m0/s1. The third-order valence-corrected chi connectivity index (χ3v) is 5.88. The number of benzene rings is 1. The van der Waals surface area contributed by atoms with E-state index >= 15 is 0 Å². The van der Waals surface area contributed by atoms with E-state index in [0.717, 1.165) is 0 Å². The first kappa shape index (κ1) is 21.1. The van der Waals surface area contributed by atoms with Gasteiger partial charge in [0.25, 0.3) is 5.91 Å². The number of hydrogen-bond acceptors (Lipinski definition) is 5. The van der Waals surface area contributed by atoms with Gasteiger partial charge >= 0.3 is 5.97 Å². The molecule has 8 nitrogen and oxygen atoms in total. The molecule has 1 aromatic rings. The minimum atomic E-state index is -3.75. The highest BCUT2D eigenvalue weighted by atomic mass is 32.2. The number of rotatable bonds is 8. The second-order valence-corrected chi connectivity index (χ2v) is 7.53. The van der Waals surface area contributed by atoms with Crippen LogP contribution in [0.3, 0.4) is 0 Å². The summed E-state index contributed by atoms with van der Waals surface area (Å²) in [6, 6.07) is 2.63. The maximum absolute atomic E-state index is 12.6. The first-order chi connectivity index (χ1) is 11.6. The van der Waals surface area contributed by atoms with Crippen LogP contribution in [0.5, 0.6) is 0 Å². The van der Waals surface area contributed by atoms with Gasteiger partial charge in [0, 0.05) is 18.7 Å². The Labute approximate surface area is 147 Å². The molecule has 0 aliphatic rings. The molecule has 0 saturated heterocycles. The topological polar surface area (TPSA) is 124 Å². The van der Waals surface area contributed by atoms with Crippen LogP contribution in [0.15, 0.2) is 23.1 Å². The van der Waals surface area contributed by atoms with Crippen LogP contribution in [-0.4, -0.2) is 60.0 Å². The third kappa shape index (κ3) is 4.77. The highest BCUT2D eigenvalue weighted by molar-refractivity contribution is 7.89. The smallest absolute Gasteiger partial charge is 0.328 e. The van der Waals surface area contributed by atoms with E-state index in [1.54, 1.807) is 20.8 Å². The average Bonchev–Trinajstić information content (AvgIpc) is 2.52. The van der Waals surface area contributed by atoms with Crippen molar-refractivity contribution in [3.8, 4) is 0 Å². The molecule has 2 atom stereocenters. The van der Waals surface area contributed by atoms with Crippen LogP contribution in [0.2, 0.25) is 0 Å². The lowest BCUT2D eigenvalue weighted by Gasteiger charge is -2.20. The van der Waals surface area contributed by atoms with Crippen LogP contribution in [0.4, 0.5) is 0 Å². The number of nitrogens with zero attached hydrogens (tertiary/aromatic N) is 1. The zero-order chi connectivity index (χ0) is 19.4. The number of nitrogens with one attached hydrogen (secondary N) is 1. The number of amides is 1. The summed E-state index contributed by atoms with van der Waals surface area (Å²) in [6.45, 7) is 6.86. The normalized spacial score (nSPS) is 14.2. The fourth-order valence-electron chi connectivity index (χ4n) is 2.33. The molecule has 140 valence electrons. The quantitative estimate of drug-likeness (QED) is 0.613. The number of aliphatic hydroxyl groups is 1. The van der Waals surface area contributed by atoms with Crippen LogP contribution >= 0.6 is 0 Å². The van der Waals surface area contributed by atoms with E-state index in [4.69, 9.17) is 5.11 Å². The van der Waals surface area contributed by atoms with Gasteiger partial charge in [-0.2, -0.15) is 4.31 Å². The van der Waals surface area contributed by atoms with Crippen molar-refractivity contribution in [3.63, 3.8) is 0 Å². The van der Waals surface area contributed by atoms with Gasteiger partial charge in [-0.15, -0.1) is 0 Å². The lowest BCUT2D eigenvalue weighted by Crippen LogP contribution is -2.47. The lowest BCUT2D eigenvalue weighted by molar-refractivity contribution is -0.141. The number of aryl methyl sites for hydroxylation is 1. The molecule has 0 aliphatic heterocycles. The number of carbonyl (C=O) groups excluding carboxylic acids is 1. The van der Waals surface area contributed by atoms with Gasteiger partial charge in [0.2, 0.25) is 10.0 Å². The maximum Gasteiger partial charge on any atom is 0.328 e. The molecule has 0 spiro atoms. The molecule has 0 unspecified atom stereocenters. The molecule has 3 N–H and O–H groups in total. The molecule has 0 aromatic heterocycles. The molecule has 25 heavy (non-hydrogen) atoms. The summed E-state index contributed by atoms with van der Waals surface area (Å²) in [5, 5.41) is 20.7. The van der Waals surface area contributed by atoms with Crippen LogP contribution < -0.4 is 5.32 Å². The Morgan fingerprint density at radius 2 is 1.80 bits per heavy atom. The summed E-state index contributed by atoms with van der Waals surface area (Å²) in [7, 11) is -3.75. The molecule has 1 amide bonds. The van der Waals surface area contributed by atoms with E-state index < -0.39 is 34.0 Å². The van der Waals surface area contributed by atoms with Crippen LogP contribution in [0, 0.1) is 6.92 Å². The molecule has 0 heterocycles. The van der Waals surface area contributed by atoms with Crippen molar-refractivity contribution >= 4 is 21.9 Å². The lowest BCUT2D eigenvalue weighted by atomic mass is 10.1. The summed E-state index contributed by atoms with van der Waals surface area (Å²) < 4.78 is 26.4. The van der Waals surface area contributed by atoms with E-state index in [1.165, 1.54) is 29.4 Å². The van der Waals surface area contributed by atoms with Gasteiger partial charge in [-0.05, 0) is 31.5 Å².